The van der Waals surface area contributed by atoms with E-state index >= 15 is 0 Å². The minimum Gasteiger partial charge on any atom is -0.383 e. The number of aromatic nitrogens is 2. The number of methoxy groups -OCH3 is 2. The summed E-state index contributed by atoms with van der Waals surface area (Å²) in [5.74, 6) is 0.218. The van der Waals surface area contributed by atoms with E-state index in [1.54, 1.807) is 14.2 Å². The molecule has 0 amide bonds. The van der Waals surface area contributed by atoms with E-state index in [-0.39, 0.29) is 34.1 Å². The van der Waals surface area contributed by atoms with Gasteiger partial charge >= 0.3 is 6.18 Å². The molecule has 10 heteroatoms. The van der Waals surface area contributed by atoms with Gasteiger partial charge in [-0.05, 0) is 31.0 Å². The van der Waals surface area contributed by atoms with Crippen LogP contribution in [0.15, 0.2) is 23.0 Å². The molecule has 1 aromatic heterocycles. The highest BCUT2D eigenvalue weighted by molar-refractivity contribution is 6.33. The molecule has 6 nitrogen and oxygen atoms in total. The van der Waals surface area contributed by atoms with Crippen molar-refractivity contribution in [3.8, 4) is 11.4 Å². The van der Waals surface area contributed by atoms with Crippen LogP contribution in [0.3, 0.4) is 0 Å². The molecule has 3 rings (SSSR count). The zero-order valence-corrected chi connectivity index (χ0v) is 18.5. The van der Waals surface area contributed by atoms with Crippen LogP contribution in [0, 0.1) is 0 Å². The van der Waals surface area contributed by atoms with Crippen molar-refractivity contribution in [3.63, 3.8) is 0 Å². The van der Waals surface area contributed by atoms with Gasteiger partial charge < -0.3 is 14.4 Å². The first-order chi connectivity index (χ1) is 14.6. The molecule has 31 heavy (non-hydrogen) atoms. The van der Waals surface area contributed by atoms with Crippen molar-refractivity contribution in [3.05, 3.63) is 44.8 Å². The zero-order chi connectivity index (χ0) is 22.9. The number of aryl methyl sites for hydroxylation is 1. The Kier molecular flexibility index (Phi) is 6.98. The molecule has 0 spiro atoms. The van der Waals surface area contributed by atoms with E-state index in [1.807, 2.05) is 11.8 Å². The smallest absolute Gasteiger partial charge is 0.383 e. The van der Waals surface area contributed by atoms with Gasteiger partial charge in [-0.15, -0.1) is 0 Å². The Labute approximate surface area is 183 Å². The molecule has 0 saturated carbocycles. The Morgan fingerprint density at radius 1 is 1.29 bits per heavy atom. The lowest BCUT2D eigenvalue weighted by Gasteiger charge is -2.28. The standard InChI is InChI=1S/C21H25ClF3N3O3/c1-5-17-18(28-10-14(31-4)9-13(28)11-30-3)20(29)27(2)19(26-17)15-7-6-12(8-16(15)22)21(23,24)25/h6-8,13-14H,5,9-11H2,1-4H3/t13-,14+/m0/s1. The minimum atomic E-state index is -4.51. The summed E-state index contributed by atoms with van der Waals surface area (Å²) >= 11 is 6.16. The molecule has 1 saturated heterocycles. The highest BCUT2D eigenvalue weighted by Gasteiger charge is 2.36. The highest BCUT2D eigenvalue weighted by Crippen LogP contribution is 2.36. The molecule has 0 N–H and O–H groups in total. The lowest BCUT2D eigenvalue weighted by atomic mass is 10.1. The summed E-state index contributed by atoms with van der Waals surface area (Å²) in [5, 5.41) is -0.120. The Bertz CT molecular complexity index is 1010. The topological polar surface area (TPSA) is 56.6 Å². The number of nitrogens with zero attached hydrogens (tertiary/aromatic N) is 3. The highest BCUT2D eigenvalue weighted by atomic mass is 35.5. The first-order valence-corrected chi connectivity index (χ1v) is 10.3. The number of ether oxygens (including phenoxy) is 2. The van der Waals surface area contributed by atoms with Gasteiger partial charge in [0.2, 0.25) is 0 Å². The van der Waals surface area contributed by atoms with E-state index in [2.05, 4.69) is 4.98 Å². The Morgan fingerprint density at radius 3 is 2.55 bits per heavy atom. The fraction of sp³-hybridized carbons (Fsp3) is 0.524. The van der Waals surface area contributed by atoms with Crippen LogP contribution >= 0.6 is 11.6 Å². The lowest BCUT2D eigenvalue weighted by molar-refractivity contribution is -0.137. The fourth-order valence-electron chi connectivity index (χ4n) is 3.95. The van der Waals surface area contributed by atoms with Gasteiger partial charge in [0.1, 0.15) is 11.5 Å². The molecular formula is C21H25ClF3N3O3. The summed E-state index contributed by atoms with van der Waals surface area (Å²) in [6.45, 7) is 2.83. The number of anilines is 1. The number of hydrogen-bond donors (Lipinski definition) is 0. The van der Waals surface area contributed by atoms with Gasteiger partial charge in [0.05, 0.1) is 35.0 Å². The molecule has 0 aliphatic carbocycles. The van der Waals surface area contributed by atoms with Crippen molar-refractivity contribution in [1.29, 1.82) is 0 Å². The van der Waals surface area contributed by atoms with Gasteiger partial charge in [-0.1, -0.05) is 18.5 Å². The maximum atomic E-state index is 13.4. The van der Waals surface area contributed by atoms with Crippen LogP contribution in [-0.4, -0.2) is 49.1 Å². The van der Waals surface area contributed by atoms with E-state index < -0.39 is 11.7 Å². The first-order valence-electron chi connectivity index (χ1n) is 9.87. The van der Waals surface area contributed by atoms with E-state index in [4.69, 9.17) is 21.1 Å². The first kappa shape index (κ1) is 23.6. The summed E-state index contributed by atoms with van der Waals surface area (Å²) < 4.78 is 51.1. The van der Waals surface area contributed by atoms with Crippen molar-refractivity contribution >= 4 is 17.3 Å². The van der Waals surface area contributed by atoms with Gasteiger partial charge in [0.25, 0.3) is 5.56 Å². The van der Waals surface area contributed by atoms with Crippen LogP contribution in [0.4, 0.5) is 18.9 Å². The van der Waals surface area contributed by atoms with Gasteiger partial charge in [0, 0.05) is 33.4 Å². The Balaban J connectivity index is 2.12. The normalized spacial score (nSPS) is 19.3. The van der Waals surface area contributed by atoms with Crippen molar-refractivity contribution in [1.82, 2.24) is 9.55 Å². The van der Waals surface area contributed by atoms with Crippen molar-refractivity contribution in [2.75, 3.05) is 32.3 Å². The third-order valence-electron chi connectivity index (χ3n) is 5.57. The molecular weight excluding hydrogens is 435 g/mol. The van der Waals surface area contributed by atoms with Gasteiger partial charge in [-0.3, -0.25) is 9.36 Å². The fourth-order valence-corrected chi connectivity index (χ4v) is 4.22. The molecule has 2 heterocycles. The second kappa shape index (κ2) is 9.18. The van der Waals surface area contributed by atoms with Crippen LogP contribution in [0.5, 0.6) is 0 Å². The number of halogens is 4. The van der Waals surface area contributed by atoms with Crippen molar-refractivity contribution in [2.24, 2.45) is 7.05 Å². The monoisotopic (exact) mass is 459 g/mol. The van der Waals surface area contributed by atoms with Gasteiger partial charge in [-0.2, -0.15) is 13.2 Å². The zero-order valence-electron chi connectivity index (χ0n) is 17.8. The second-order valence-electron chi connectivity index (χ2n) is 7.50. The Hall–Kier alpha value is -2.10. The molecule has 0 bridgehead atoms. The minimum absolute atomic E-state index is 0.0430. The maximum Gasteiger partial charge on any atom is 0.416 e. The van der Waals surface area contributed by atoms with E-state index in [0.717, 1.165) is 12.1 Å². The van der Waals surface area contributed by atoms with Crippen LogP contribution < -0.4 is 10.5 Å². The molecule has 1 aromatic carbocycles. The molecule has 1 aliphatic heterocycles. The van der Waals surface area contributed by atoms with Crippen molar-refractivity contribution < 1.29 is 22.6 Å². The molecule has 0 unspecified atom stereocenters. The number of benzene rings is 1. The summed E-state index contributed by atoms with van der Waals surface area (Å²) in [6, 6.07) is 2.98. The number of rotatable bonds is 6. The number of alkyl halides is 3. The maximum absolute atomic E-state index is 13.4. The molecule has 2 atom stereocenters. The van der Waals surface area contributed by atoms with Crippen LogP contribution in [-0.2, 0) is 29.1 Å². The van der Waals surface area contributed by atoms with E-state index in [9.17, 15) is 18.0 Å². The van der Waals surface area contributed by atoms with Crippen LogP contribution in [0.1, 0.15) is 24.6 Å². The lowest BCUT2D eigenvalue weighted by Crippen LogP contribution is -2.40. The molecule has 1 aliphatic rings. The quantitative estimate of drug-likeness (QED) is 0.655. The van der Waals surface area contributed by atoms with Crippen LogP contribution in [0.2, 0.25) is 5.02 Å². The molecule has 170 valence electrons. The molecule has 1 fully saturated rings. The largest absolute Gasteiger partial charge is 0.416 e. The van der Waals surface area contributed by atoms with Crippen LogP contribution in [0.25, 0.3) is 11.4 Å². The van der Waals surface area contributed by atoms with Crippen molar-refractivity contribution in [2.45, 2.75) is 38.1 Å². The van der Waals surface area contributed by atoms with E-state index in [1.165, 1.54) is 17.7 Å². The summed E-state index contributed by atoms with van der Waals surface area (Å²) in [4.78, 5) is 20.0. The van der Waals surface area contributed by atoms with E-state index in [0.29, 0.717) is 37.4 Å². The predicted molar refractivity (Wildman–Crippen MR) is 113 cm³/mol. The SMILES string of the molecule is CCc1nc(-c2ccc(C(F)(F)F)cc2Cl)n(C)c(=O)c1N1C[C@H](OC)C[C@H]1COC. The second-order valence-corrected chi connectivity index (χ2v) is 7.90. The van der Waals surface area contributed by atoms with Gasteiger partial charge in [-0.25, -0.2) is 4.98 Å². The average molecular weight is 460 g/mol. The third kappa shape index (κ3) is 4.58. The summed E-state index contributed by atoms with van der Waals surface area (Å²) in [7, 11) is 4.77. The third-order valence-corrected chi connectivity index (χ3v) is 5.88. The predicted octanol–water partition coefficient (Wildman–Crippen LogP) is 3.92. The number of hydrogen-bond acceptors (Lipinski definition) is 5. The summed E-state index contributed by atoms with van der Waals surface area (Å²) in [5.41, 5.74) is 0.116. The van der Waals surface area contributed by atoms with Gasteiger partial charge in [0.15, 0.2) is 0 Å². The molecule has 2 aromatic rings. The summed E-state index contributed by atoms with van der Waals surface area (Å²) in [6.07, 6.45) is -3.38. The average Bonchev–Trinajstić information content (AvgIpc) is 3.12. The molecule has 0 radical (unpaired) electrons. The Morgan fingerprint density at radius 2 is 2.00 bits per heavy atom.